The molecule has 1 aromatic heterocycles. The molecule has 1 amide bonds. The normalized spacial score (nSPS) is 10.9. The zero-order valence-corrected chi connectivity index (χ0v) is 13.4. The number of halogens is 1. The Kier molecular flexibility index (Phi) is 4.98. The number of hydrogen-bond acceptors (Lipinski definition) is 3. The molecule has 0 bridgehead atoms. The first-order valence-electron chi connectivity index (χ1n) is 6.06. The summed E-state index contributed by atoms with van der Waals surface area (Å²) in [5, 5.41) is 2.04. The lowest BCUT2D eigenvalue weighted by Crippen LogP contribution is -2.23. The number of amides is 1. The van der Waals surface area contributed by atoms with Crippen molar-refractivity contribution in [1.29, 1.82) is 0 Å². The maximum absolute atomic E-state index is 12.0. The van der Waals surface area contributed by atoms with Crippen molar-refractivity contribution in [3.63, 3.8) is 0 Å². The van der Waals surface area contributed by atoms with Gasteiger partial charge in [-0.15, -0.1) is 11.3 Å². The molecule has 0 aliphatic rings. The molecule has 1 heterocycles. The summed E-state index contributed by atoms with van der Waals surface area (Å²) in [6.45, 7) is 0.604. The van der Waals surface area contributed by atoms with Gasteiger partial charge >= 0.3 is 0 Å². The fraction of sp³-hybridized carbons (Fsp3) is 0.133. The van der Waals surface area contributed by atoms with Crippen LogP contribution in [0.3, 0.4) is 0 Å². The first-order chi connectivity index (χ1) is 9.54. The fourth-order valence-electron chi connectivity index (χ4n) is 1.68. The number of nitrogen functional groups attached to an aromatic ring is 1. The molecule has 20 heavy (non-hydrogen) atoms. The van der Waals surface area contributed by atoms with Crippen LogP contribution in [0.4, 0.5) is 5.69 Å². The minimum absolute atomic E-state index is 0.0239. The van der Waals surface area contributed by atoms with Crippen LogP contribution in [0.25, 0.3) is 6.08 Å². The summed E-state index contributed by atoms with van der Waals surface area (Å²) in [5.74, 6) is -0.0239. The molecule has 0 spiro atoms. The molecule has 2 rings (SSSR count). The summed E-state index contributed by atoms with van der Waals surface area (Å²) in [5.41, 5.74) is 8.41. The highest BCUT2D eigenvalue weighted by molar-refractivity contribution is 9.11. The number of thiophene rings is 1. The number of nitrogens with two attached hydrogens (primary N) is 1. The van der Waals surface area contributed by atoms with Gasteiger partial charge in [0.15, 0.2) is 0 Å². The van der Waals surface area contributed by atoms with E-state index in [0.717, 1.165) is 14.9 Å². The Labute approximate surface area is 130 Å². The van der Waals surface area contributed by atoms with Crippen LogP contribution in [0.15, 0.2) is 45.6 Å². The van der Waals surface area contributed by atoms with E-state index in [1.54, 1.807) is 35.4 Å². The second-order valence-corrected chi connectivity index (χ2v) is 6.74. The van der Waals surface area contributed by atoms with Gasteiger partial charge in [-0.05, 0) is 56.7 Å². The topological polar surface area (TPSA) is 46.3 Å². The number of benzene rings is 1. The smallest absolute Gasteiger partial charge is 0.246 e. The van der Waals surface area contributed by atoms with E-state index in [2.05, 4.69) is 15.9 Å². The number of nitrogens with zero attached hydrogens (tertiary/aromatic N) is 1. The van der Waals surface area contributed by atoms with Crippen LogP contribution in [-0.4, -0.2) is 17.9 Å². The van der Waals surface area contributed by atoms with Gasteiger partial charge in [0.25, 0.3) is 0 Å². The van der Waals surface area contributed by atoms with Crippen molar-refractivity contribution in [2.24, 2.45) is 0 Å². The third kappa shape index (κ3) is 4.21. The summed E-state index contributed by atoms with van der Waals surface area (Å²) in [6.07, 6.45) is 3.37. The van der Waals surface area contributed by atoms with Gasteiger partial charge in [-0.25, -0.2) is 0 Å². The fourth-order valence-corrected chi connectivity index (χ4v) is 2.88. The molecule has 0 saturated heterocycles. The van der Waals surface area contributed by atoms with Crippen LogP contribution >= 0.6 is 27.3 Å². The van der Waals surface area contributed by atoms with E-state index in [1.165, 1.54) is 0 Å². The van der Waals surface area contributed by atoms with Crippen molar-refractivity contribution in [3.8, 4) is 0 Å². The van der Waals surface area contributed by atoms with E-state index in [0.29, 0.717) is 12.2 Å². The summed E-state index contributed by atoms with van der Waals surface area (Å²) >= 11 is 5.04. The van der Waals surface area contributed by atoms with E-state index in [-0.39, 0.29) is 5.91 Å². The second-order valence-electron chi connectivity index (χ2n) is 4.45. The standard InChI is InChI=1S/C15H15BrN2OS/c1-18(9-12-8-14(16)20-10-12)15(19)7-4-11-2-5-13(17)6-3-11/h2-8,10H,9,17H2,1H3/b7-4+. The number of carbonyl (C=O) groups excluding carboxylic acids is 1. The van der Waals surface area contributed by atoms with Gasteiger partial charge in [0, 0.05) is 25.4 Å². The quantitative estimate of drug-likeness (QED) is 0.673. The van der Waals surface area contributed by atoms with E-state index < -0.39 is 0 Å². The summed E-state index contributed by atoms with van der Waals surface area (Å²) in [6, 6.07) is 9.43. The summed E-state index contributed by atoms with van der Waals surface area (Å²) in [7, 11) is 1.79. The molecule has 0 unspecified atom stereocenters. The van der Waals surface area contributed by atoms with Crippen molar-refractivity contribution in [3.05, 3.63) is 56.7 Å². The second kappa shape index (κ2) is 6.72. The molecule has 0 aliphatic carbocycles. The van der Waals surface area contributed by atoms with Crippen molar-refractivity contribution >= 4 is 44.9 Å². The first kappa shape index (κ1) is 14.8. The highest BCUT2D eigenvalue weighted by atomic mass is 79.9. The predicted octanol–water partition coefficient (Wildman–Crippen LogP) is 3.76. The Morgan fingerprint density at radius 2 is 2.10 bits per heavy atom. The van der Waals surface area contributed by atoms with E-state index >= 15 is 0 Å². The van der Waals surface area contributed by atoms with Crippen LogP contribution < -0.4 is 5.73 Å². The molecule has 3 nitrogen and oxygen atoms in total. The van der Waals surface area contributed by atoms with Crippen LogP contribution in [0, 0.1) is 0 Å². The maximum atomic E-state index is 12.0. The molecular formula is C15H15BrN2OS. The predicted molar refractivity (Wildman–Crippen MR) is 88.4 cm³/mol. The zero-order valence-electron chi connectivity index (χ0n) is 11.0. The van der Waals surface area contributed by atoms with Crippen LogP contribution in [-0.2, 0) is 11.3 Å². The average Bonchev–Trinajstić information content (AvgIpc) is 2.83. The molecule has 0 radical (unpaired) electrons. The Hall–Kier alpha value is -1.59. The number of anilines is 1. The minimum Gasteiger partial charge on any atom is -0.399 e. The first-order valence-corrected chi connectivity index (χ1v) is 7.73. The molecule has 0 saturated carbocycles. The van der Waals surface area contributed by atoms with Crippen LogP contribution in [0.5, 0.6) is 0 Å². The molecule has 0 aliphatic heterocycles. The number of hydrogen-bond donors (Lipinski definition) is 1. The van der Waals surface area contributed by atoms with Crippen molar-refractivity contribution < 1.29 is 4.79 Å². The average molecular weight is 351 g/mol. The maximum Gasteiger partial charge on any atom is 0.246 e. The lowest BCUT2D eigenvalue weighted by molar-refractivity contribution is -0.125. The third-order valence-electron chi connectivity index (χ3n) is 2.77. The lowest BCUT2D eigenvalue weighted by atomic mass is 10.2. The van der Waals surface area contributed by atoms with Crippen LogP contribution in [0.2, 0.25) is 0 Å². The van der Waals surface area contributed by atoms with Gasteiger partial charge < -0.3 is 10.6 Å². The Balaban J connectivity index is 1.95. The number of likely N-dealkylation sites (N-methyl/N-ethyl adjacent to an activating group) is 1. The molecule has 0 fully saturated rings. The van der Waals surface area contributed by atoms with Gasteiger partial charge in [0.1, 0.15) is 0 Å². The Morgan fingerprint density at radius 3 is 2.70 bits per heavy atom. The van der Waals surface area contributed by atoms with Gasteiger partial charge in [0.2, 0.25) is 5.91 Å². The Bertz CT molecular complexity index is 619. The monoisotopic (exact) mass is 350 g/mol. The van der Waals surface area contributed by atoms with Gasteiger partial charge in [-0.3, -0.25) is 4.79 Å². The van der Waals surface area contributed by atoms with Gasteiger partial charge in [0.05, 0.1) is 3.79 Å². The van der Waals surface area contributed by atoms with E-state index in [9.17, 15) is 4.79 Å². The third-order valence-corrected chi connectivity index (χ3v) is 4.33. The van der Waals surface area contributed by atoms with Crippen molar-refractivity contribution in [2.75, 3.05) is 12.8 Å². The molecule has 2 N–H and O–H groups in total. The van der Waals surface area contributed by atoms with Gasteiger partial charge in [-0.1, -0.05) is 12.1 Å². The number of rotatable bonds is 4. The highest BCUT2D eigenvalue weighted by Gasteiger charge is 2.07. The van der Waals surface area contributed by atoms with Gasteiger partial charge in [-0.2, -0.15) is 0 Å². The number of carbonyl (C=O) groups is 1. The van der Waals surface area contributed by atoms with E-state index in [1.807, 2.05) is 35.7 Å². The zero-order chi connectivity index (χ0) is 14.5. The Morgan fingerprint density at radius 1 is 1.40 bits per heavy atom. The summed E-state index contributed by atoms with van der Waals surface area (Å²) in [4.78, 5) is 13.7. The SMILES string of the molecule is CN(Cc1csc(Br)c1)C(=O)/C=C/c1ccc(N)cc1. The molecule has 2 aromatic rings. The minimum atomic E-state index is -0.0239. The van der Waals surface area contributed by atoms with Crippen LogP contribution in [0.1, 0.15) is 11.1 Å². The molecule has 1 aromatic carbocycles. The van der Waals surface area contributed by atoms with Crippen molar-refractivity contribution in [1.82, 2.24) is 4.90 Å². The van der Waals surface area contributed by atoms with E-state index in [4.69, 9.17) is 5.73 Å². The molecule has 104 valence electrons. The molecule has 5 heteroatoms. The molecule has 0 atom stereocenters. The van der Waals surface area contributed by atoms with Crippen molar-refractivity contribution in [2.45, 2.75) is 6.54 Å². The lowest BCUT2D eigenvalue weighted by Gasteiger charge is -2.13. The highest BCUT2D eigenvalue weighted by Crippen LogP contribution is 2.21. The largest absolute Gasteiger partial charge is 0.399 e. The molecular weight excluding hydrogens is 336 g/mol. The summed E-state index contributed by atoms with van der Waals surface area (Å²) < 4.78 is 1.07.